The van der Waals surface area contributed by atoms with Crippen LogP contribution in [0.1, 0.15) is 36.7 Å². The zero-order valence-electron chi connectivity index (χ0n) is 12.9. The molecule has 4 rings (SSSR count). The lowest BCUT2D eigenvalue weighted by atomic mass is 10.0. The molecular formula is C18H19FN4. The number of fused-ring (bicyclic) bond motifs is 1. The Hall–Kier alpha value is -2.27. The Labute approximate surface area is 134 Å². The molecule has 4 nitrogen and oxygen atoms in total. The van der Waals surface area contributed by atoms with E-state index < -0.39 is 0 Å². The fourth-order valence-electron chi connectivity index (χ4n) is 3.29. The Bertz CT molecular complexity index is 821. The molecule has 23 heavy (non-hydrogen) atoms. The Balaban J connectivity index is 1.79. The van der Waals surface area contributed by atoms with Gasteiger partial charge in [-0.25, -0.2) is 14.4 Å². The van der Waals surface area contributed by atoms with Crippen molar-refractivity contribution in [3.8, 4) is 0 Å². The van der Waals surface area contributed by atoms with Crippen LogP contribution in [-0.4, -0.2) is 21.1 Å². The number of nitrogens with one attached hydrogen (secondary N) is 1. The lowest BCUT2D eigenvalue weighted by Gasteiger charge is -2.23. The first kappa shape index (κ1) is 14.3. The number of pyridine rings is 1. The number of rotatable bonds is 3. The zero-order chi connectivity index (χ0) is 15.6. The van der Waals surface area contributed by atoms with Crippen molar-refractivity contribution in [2.24, 2.45) is 0 Å². The fraction of sp³-hybridized carbons (Fsp3) is 0.333. The van der Waals surface area contributed by atoms with E-state index in [0.29, 0.717) is 6.54 Å². The van der Waals surface area contributed by atoms with E-state index >= 15 is 0 Å². The summed E-state index contributed by atoms with van der Waals surface area (Å²) < 4.78 is 15.6. The lowest BCUT2D eigenvalue weighted by molar-refractivity contribution is 0.389. The van der Waals surface area contributed by atoms with Crippen molar-refractivity contribution < 1.29 is 4.39 Å². The van der Waals surface area contributed by atoms with Gasteiger partial charge in [0, 0.05) is 6.20 Å². The summed E-state index contributed by atoms with van der Waals surface area (Å²) >= 11 is 0. The molecular weight excluding hydrogens is 291 g/mol. The predicted molar refractivity (Wildman–Crippen MR) is 87.6 cm³/mol. The third-order valence-corrected chi connectivity index (χ3v) is 4.39. The largest absolute Gasteiger partial charge is 0.307 e. The topological polar surface area (TPSA) is 42.7 Å². The maximum atomic E-state index is 13.5. The molecule has 1 aromatic carbocycles. The highest BCUT2D eigenvalue weighted by atomic mass is 19.1. The second kappa shape index (κ2) is 6.08. The number of imidazole rings is 1. The van der Waals surface area contributed by atoms with E-state index in [1.807, 2.05) is 18.2 Å². The summed E-state index contributed by atoms with van der Waals surface area (Å²) in [4.78, 5) is 9.29. The van der Waals surface area contributed by atoms with Crippen LogP contribution in [0, 0.1) is 5.82 Å². The molecule has 0 saturated carbocycles. The van der Waals surface area contributed by atoms with E-state index in [4.69, 9.17) is 4.98 Å². The molecule has 3 heterocycles. The molecule has 1 aliphatic heterocycles. The summed E-state index contributed by atoms with van der Waals surface area (Å²) in [5.41, 5.74) is 2.68. The predicted octanol–water partition coefficient (Wildman–Crippen LogP) is 3.43. The third kappa shape index (κ3) is 2.84. The van der Waals surface area contributed by atoms with Gasteiger partial charge in [0.05, 0.1) is 12.6 Å². The van der Waals surface area contributed by atoms with Crippen LogP contribution in [-0.2, 0) is 6.54 Å². The minimum absolute atomic E-state index is 0.211. The number of halogens is 1. The molecule has 1 saturated heterocycles. The van der Waals surface area contributed by atoms with Crippen LogP contribution in [0.3, 0.4) is 0 Å². The van der Waals surface area contributed by atoms with Gasteiger partial charge >= 0.3 is 0 Å². The molecule has 2 aromatic heterocycles. The SMILES string of the molecule is Fc1cccc(Cn2c(C3CCCCN3)nc3cccnc32)c1. The van der Waals surface area contributed by atoms with Crippen LogP contribution in [0.25, 0.3) is 11.2 Å². The number of benzene rings is 1. The molecule has 118 valence electrons. The first-order valence-corrected chi connectivity index (χ1v) is 8.10. The molecule has 0 radical (unpaired) electrons. The van der Waals surface area contributed by atoms with E-state index in [2.05, 4.69) is 14.9 Å². The zero-order valence-corrected chi connectivity index (χ0v) is 12.9. The van der Waals surface area contributed by atoms with Crippen LogP contribution in [0.4, 0.5) is 4.39 Å². The Morgan fingerprint density at radius 2 is 2.17 bits per heavy atom. The summed E-state index contributed by atoms with van der Waals surface area (Å²) in [6.45, 7) is 1.60. The second-order valence-electron chi connectivity index (χ2n) is 6.03. The van der Waals surface area contributed by atoms with Gasteiger partial charge in [-0.2, -0.15) is 0 Å². The van der Waals surface area contributed by atoms with Crippen molar-refractivity contribution in [1.82, 2.24) is 19.9 Å². The molecule has 5 heteroatoms. The highest BCUT2D eigenvalue weighted by Crippen LogP contribution is 2.26. The Morgan fingerprint density at radius 3 is 3.00 bits per heavy atom. The van der Waals surface area contributed by atoms with E-state index in [-0.39, 0.29) is 11.9 Å². The quantitative estimate of drug-likeness (QED) is 0.806. The average Bonchev–Trinajstić information content (AvgIpc) is 2.95. The van der Waals surface area contributed by atoms with Crippen molar-refractivity contribution in [2.45, 2.75) is 31.8 Å². The van der Waals surface area contributed by atoms with Crippen LogP contribution >= 0.6 is 0 Å². The van der Waals surface area contributed by atoms with Crippen molar-refractivity contribution in [1.29, 1.82) is 0 Å². The van der Waals surface area contributed by atoms with Crippen molar-refractivity contribution in [2.75, 3.05) is 6.54 Å². The van der Waals surface area contributed by atoms with E-state index in [1.54, 1.807) is 18.3 Å². The fourth-order valence-corrected chi connectivity index (χ4v) is 3.29. The maximum Gasteiger partial charge on any atom is 0.160 e. The van der Waals surface area contributed by atoms with Crippen LogP contribution < -0.4 is 5.32 Å². The van der Waals surface area contributed by atoms with Crippen molar-refractivity contribution in [3.05, 3.63) is 59.8 Å². The van der Waals surface area contributed by atoms with Gasteiger partial charge in [0.1, 0.15) is 17.2 Å². The number of aromatic nitrogens is 3. The summed E-state index contributed by atoms with van der Waals surface area (Å²) in [6.07, 6.45) is 5.27. The summed E-state index contributed by atoms with van der Waals surface area (Å²) in [7, 11) is 0. The van der Waals surface area contributed by atoms with Crippen molar-refractivity contribution >= 4 is 11.2 Å². The van der Waals surface area contributed by atoms with Gasteiger partial charge in [0.2, 0.25) is 0 Å². The number of nitrogens with zero attached hydrogens (tertiary/aromatic N) is 3. The maximum absolute atomic E-state index is 13.5. The summed E-state index contributed by atoms with van der Waals surface area (Å²) in [5.74, 6) is 0.792. The number of hydrogen-bond donors (Lipinski definition) is 1. The molecule has 1 N–H and O–H groups in total. The van der Waals surface area contributed by atoms with Crippen molar-refractivity contribution in [3.63, 3.8) is 0 Å². The minimum atomic E-state index is -0.211. The molecule has 0 bridgehead atoms. The lowest BCUT2D eigenvalue weighted by Crippen LogP contribution is -2.29. The summed E-state index contributed by atoms with van der Waals surface area (Å²) in [5, 5.41) is 3.55. The van der Waals surface area contributed by atoms with E-state index in [1.165, 1.54) is 18.9 Å². The van der Waals surface area contributed by atoms with Gasteiger partial charge in [-0.15, -0.1) is 0 Å². The molecule has 1 atom stereocenters. The first-order chi connectivity index (χ1) is 11.3. The summed E-state index contributed by atoms with van der Waals surface area (Å²) in [6, 6.07) is 10.9. The Kier molecular flexibility index (Phi) is 3.79. The number of hydrogen-bond acceptors (Lipinski definition) is 3. The average molecular weight is 310 g/mol. The highest BCUT2D eigenvalue weighted by molar-refractivity contribution is 5.71. The number of piperidine rings is 1. The van der Waals surface area contributed by atoms with Gasteiger partial charge < -0.3 is 9.88 Å². The first-order valence-electron chi connectivity index (χ1n) is 8.10. The third-order valence-electron chi connectivity index (χ3n) is 4.39. The smallest absolute Gasteiger partial charge is 0.160 e. The van der Waals surface area contributed by atoms with Crippen LogP contribution in [0.2, 0.25) is 0 Å². The molecule has 0 spiro atoms. The monoisotopic (exact) mass is 310 g/mol. The van der Waals surface area contributed by atoms with Gasteiger partial charge in [-0.1, -0.05) is 18.6 Å². The standard InChI is InChI=1S/C18H19FN4/c19-14-6-3-5-13(11-14)12-23-17-16(8-4-10-21-17)22-18(23)15-7-1-2-9-20-15/h3-6,8,10-11,15,20H,1-2,7,9,12H2. The molecule has 1 fully saturated rings. The normalized spacial score (nSPS) is 18.4. The molecule has 1 unspecified atom stereocenters. The van der Waals surface area contributed by atoms with Gasteiger partial charge in [0.25, 0.3) is 0 Å². The van der Waals surface area contributed by atoms with Gasteiger partial charge in [-0.05, 0) is 49.2 Å². The van der Waals surface area contributed by atoms with Crippen LogP contribution in [0.15, 0.2) is 42.6 Å². The van der Waals surface area contributed by atoms with Gasteiger partial charge in [-0.3, -0.25) is 0 Å². The van der Waals surface area contributed by atoms with E-state index in [9.17, 15) is 4.39 Å². The minimum Gasteiger partial charge on any atom is -0.307 e. The molecule has 3 aromatic rings. The van der Waals surface area contributed by atoms with E-state index in [0.717, 1.165) is 35.5 Å². The Morgan fingerprint density at radius 1 is 1.22 bits per heavy atom. The van der Waals surface area contributed by atoms with Gasteiger partial charge in [0.15, 0.2) is 5.65 Å². The van der Waals surface area contributed by atoms with Crippen LogP contribution in [0.5, 0.6) is 0 Å². The molecule has 0 aliphatic carbocycles. The highest BCUT2D eigenvalue weighted by Gasteiger charge is 2.22. The molecule has 0 amide bonds. The second-order valence-corrected chi connectivity index (χ2v) is 6.03. The molecule has 1 aliphatic rings.